The average Bonchev–Trinajstić information content (AvgIpc) is 3.36. The third-order valence-corrected chi connectivity index (χ3v) is 7.42. The van der Waals surface area contributed by atoms with Gasteiger partial charge in [-0.15, -0.1) is 0 Å². The number of nitrogens with one attached hydrogen (secondary N) is 2. The second-order valence-electron chi connectivity index (χ2n) is 8.33. The normalized spacial score (nSPS) is 21.8. The molecule has 1 aliphatic carbocycles. The van der Waals surface area contributed by atoms with Gasteiger partial charge in [-0.05, 0) is 30.4 Å². The highest BCUT2D eigenvalue weighted by molar-refractivity contribution is 7.99. The monoisotopic (exact) mass is 463 g/mol. The van der Waals surface area contributed by atoms with Crippen molar-refractivity contribution in [1.82, 2.24) is 15.3 Å². The minimum Gasteiger partial charge on any atom is -0.395 e. The Morgan fingerprint density at radius 3 is 3.03 bits per heavy atom. The minimum atomic E-state index is -0.836. The molecule has 2 N–H and O–H groups in total. The maximum Gasteiger partial charge on any atom is 0.441 e. The number of rotatable bonds is 10. The van der Waals surface area contributed by atoms with E-state index in [0.29, 0.717) is 40.2 Å². The summed E-state index contributed by atoms with van der Waals surface area (Å²) in [6.07, 6.45) is 5.66. The summed E-state index contributed by atoms with van der Waals surface area (Å²) in [7, 11) is 0. The lowest BCUT2D eigenvalue weighted by Gasteiger charge is -2.27. The smallest absolute Gasteiger partial charge is 0.395 e. The summed E-state index contributed by atoms with van der Waals surface area (Å²) in [5.74, 6) is 0.168. The zero-order valence-corrected chi connectivity index (χ0v) is 19.8. The van der Waals surface area contributed by atoms with Gasteiger partial charge < -0.3 is 15.1 Å². The van der Waals surface area contributed by atoms with Gasteiger partial charge in [0.05, 0.1) is 11.6 Å². The van der Waals surface area contributed by atoms with Gasteiger partial charge in [0.15, 0.2) is 11.3 Å². The second kappa shape index (κ2) is 10.5. The van der Waals surface area contributed by atoms with E-state index >= 15 is 0 Å². The molecule has 8 nitrogen and oxygen atoms in total. The van der Waals surface area contributed by atoms with Crippen LogP contribution in [0.5, 0.6) is 0 Å². The lowest BCUT2D eigenvalue weighted by atomic mass is 9.94. The van der Waals surface area contributed by atoms with Gasteiger partial charge in [-0.25, -0.2) is 9.78 Å². The molecule has 0 spiro atoms. The first-order chi connectivity index (χ1) is 14.9. The van der Waals surface area contributed by atoms with Crippen LogP contribution in [0.1, 0.15) is 59.3 Å². The fourth-order valence-electron chi connectivity index (χ4n) is 3.90. The summed E-state index contributed by atoms with van der Waals surface area (Å²) >= 11 is 2.82. The number of carbonyl (C=O) groups excluding carboxylic acids is 1. The molecule has 3 unspecified atom stereocenters. The Morgan fingerprint density at radius 1 is 1.52 bits per heavy atom. The van der Waals surface area contributed by atoms with E-state index in [1.165, 1.54) is 11.3 Å². The molecule has 10 heteroatoms. The number of hydrogen-bond donors (Lipinski definition) is 2. The van der Waals surface area contributed by atoms with Crippen LogP contribution in [0.4, 0.5) is 5.82 Å². The molecule has 1 fully saturated rings. The van der Waals surface area contributed by atoms with Crippen LogP contribution in [0, 0.1) is 17.2 Å². The Morgan fingerprint density at radius 2 is 2.32 bits per heavy atom. The summed E-state index contributed by atoms with van der Waals surface area (Å²) in [6.45, 7) is 6.27. The summed E-state index contributed by atoms with van der Waals surface area (Å²) in [5.41, 5.74) is 1.15. The summed E-state index contributed by atoms with van der Waals surface area (Å²) in [5, 5.41) is 16.3. The van der Waals surface area contributed by atoms with Crippen LogP contribution in [0.3, 0.4) is 0 Å². The molecule has 2 aromatic rings. The number of hydrogen-bond acceptors (Lipinski definition) is 9. The molecule has 0 radical (unpaired) electrons. The van der Waals surface area contributed by atoms with Gasteiger partial charge in [-0.2, -0.15) is 22.0 Å². The number of carbonyl (C=O) groups is 1. The van der Waals surface area contributed by atoms with E-state index in [0.717, 1.165) is 25.7 Å². The number of amides is 1. The van der Waals surface area contributed by atoms with Crippen LogP contribution in [0.15, 0.2) is 14.7 Å². The van der Waals surface area contributed by atoms with Crippen molar-refractivity contribution < 1.29 is 9.21 Å². The molecule has 1 saturated carbocycles. The Labute approximate surface area is 190 Å². The fraction of sp³-hybridized carbons (Fsp3) is 0.667. The molecule has 0 saturated heterocycles. The number of fused-ring (bicyclic) bond motifs is 1. The SMILES string of the molecule is CCCCC1CCC(C#N)(NC(=O)C(CSC(C)C)Nc2nc(=O)oc3scnc23)C1. The quantitative estimate of drug-likeness (QED) is 0.543. The Bertz CT molecular complexity index is 999. The second-order valence-corrected chi connectivity index (χ2v) is 10.8. The van der Waals surface area contributed by atoms with Crippen molar-refractivity contribution in [1.29, 1.82) is 5.26 Å². The summed E-state index contributed by atoms with van der Waals surface area (Å²) in [4.78, 5) is 33.6. The summed E-state index contributed by atoms with van der Waals surface area (Å²) in [6, 6.07) is 1.71. The number of unbranched alkanes of at least 4 members (excludes halogenated alkanes) is 1. The molecule has 168 valence electrons. The zero-order chi connectivity index (χ0) is 22.4. The molecule has 2 heterocycles. The van der Waals surface area contributed by atoms with Crippen LogP contribution >= 0.6 is 23.1 Å². The van der Waals surface area contributed by atoms with Gasteiger partial charge in [-0.1, -0.05) is 51.4 Å². The standard InChI is InChI=1S/C21H29N5O3S2/c1-4-5-6-14-7-8-21(9-14,11-22)26-18(27)15(10-30-13(2)3)24-17-16-19(31-12-23-16)29-20(28)25-17/h12-15H,4-10H2,1-3H3,(H,26,27)(H,24,25,28). The van der Waals surface area contributed by atoms with Crippen LogP contribution in [-0.4, -0.2) is 38.5 Å². The number of thiazole rings is 1. The molecule has 1 aliphatic rings. The topological polar surface area (TPSA) is 121 Å². The van der Waals surface area contributed by atoms with Crippen molar-refractivity contribution in [3.05, 3.63) is 16.1 Å². The number of aromatic nitrogens is 2. The van der Waals surface area contributed by atoms with Gasteiger partial charge in [0.1, 0.15) is 11.6 Å². The van der Waals surface area contributed by atoms with Gasteiger partial charge >= 0.3 is 5.76 Å². The highest BCUT2D eigenvalue weighted by Crippen LogP contribution is 2.37. The molecule has 3 atom stereocenters. The largest absolute Gasteiger partial charge is 0.441 e. The van der Waals surface area contributed by atoms with E-state index in [1.54, 1.807) is 17.3 Å². The van der Waals surface area contributed by atoms with Crippen molar-refractivity contribution in [3.8, 4) is 6.07 Å². The van der Waals surface area contributed by atoms with Crippen molar-refractivity contribution in [2.24, 2.45) is 5.92 Å². The van der Waals surface area contributed by atoms with Crippen molar-refractivity contribution in [3.63, 3.8) is 0 Å². The average molecular weight is 464 g/mol. The first-order valence-corrected chi connectivity index (χ1v) is 12.6. The lowest BCUT2D eigenvalue weighted by Crippen LogP contribution is -2.52. The Hall–Kier alpha value is -2.12. The predicted octanol–water partition coefficient (Wildman–Crippen LogP) is 3.94. The Balaban J connectivity index is 1.78. The molecule has 1 amide bonds. The Kier molecular flexibility index (Phi) is 7.94. The third-order valence-electron chi connectivity index (χ3n) is 5.52. The number of anilines is 1. The van der Waals surface area contributed by atoms with Gasteiger partial charge in [0, 0.05) is 5.75 Å². The number of thioether (sulfide) groups is 1. The van der Waals surface area contributed by atoms with Gasteiger partial charge in [0.2, 0.25) is 10.8 Å². The van der Waals surface area contributed by atoms with Crippen LogP contribution in [-0.2, 0) is 4.79 Å². The maximum atomic E-state index is 13.3. The van der Waals surface area contributed by atoms with E-state index in [4.69, 9.17) is 4.42 Å². The lowest BCUT2D eigenvalue weighted by molar-refractivity contribution is -0.122. The van der Waals surface area contributed by atoms with Crippen molar-refractivity contribution >= 4 is 45.2 Å². The van der Waals surface area contributed by atoms with Gasteiger partial charge in [0.25, 0.3) is 0 Å². The highest BCUT2D eigenvalue weighted by Gasteiger charge is 2.41. The molecule has 2 aromatic heterocycles. The van der Waals surface area contributed by atoms with Crippen molar-refractivity contribution in [2.75, 3.05) is 11.1 Å². The van der Waals surface area contributed by atoms with Crippen LogP contribution in [0.25, 0.3) is 10.4 Å². The third kappa shape index (κ3) is 5.98. The minimum absolute atomic E-state index is 0.232. The predicted molar refractivity (Wildman–Crippen MR) is 124 cm³/mol. The van der Waals surface area contributed by atoms with Crippen molar-refractivity contribution in [2.45, 2.75) is 76.1 Å². The molecular formula is C21H29N5O3S2. The van der Waals surface area contributed by atoms with Crippen LogP contribution in [0.2, 0.25) is 0 Å². The van der Waals surface area contributed by atoms with Gasteiger partial charge in [-0.3, -0.25) is 4.79 Å². The van der Waals surface area contributed by atoms with E-state index in [2.05, 4.69) is 47.4 Å². The van der Waals surface area contributed by atoms with E-state index in [-0.39, 0.29) is 11.7 Å². The molecule has 0 aromatic carbocycles. The molecule has 0 bridgehead atoms. The molecule has 31 heavy (non-hydrogen) atoms. The maximum absolute atomic E-state index is 13.3. The highest BCUT2D eigenvalue weighted by atomic mass is 32.2. The molecular weight excluding hydrogens is 434 g/mol. The zero-order valence-electron chi connectivity index (χ0n) is 18.1. The first kappa shape index (κ1) is 23.5. The van der Waals surface area contributed by atoms with E-state index < -0.39 is 17.3 Å². The van der Waals surface area contributed by atoms with E-state index in [1.807, 2.05) is 0 Å². The first-order valence-electron chi connectivity index (χ1n) is 10.7. The van der Waals surface area contributed by atoms with Crippen LogP contribution < -0.4 is 16.4 Å². The molecule has 0 aliphatic heterocycles. The fourth-order valence-corrected chi connectivity index (χ4v) is 5.35. The number of nitrogens with zero attached hydrogens (tertiary/aromatic N) is 3. The summed E-state index contributed by atoms with van der Waals surface area (Å²) < 4.78 is 5.07. The molecule has 3 rings (SSSR count). The van der Waals surface area contributed by atoms with E-state index in [9.17, 15) is 14.9 Å². The number of nitriles is 1.